The Morgan fingerprint density at radius 2 is 1.60 bits per heavy atom. The summed E-state index contributed by atoms with van der Waals surface area (Å²) in [7, 11) is 0. The molecule has 3 heteroatoms. The van der Waals surface area contributed by atoms with Gasteiger partial charge in [-0.25, -0.2) is 0 Å². The Morgan fingerprint density at radius 3 is 2.33 bits per heavy atom. The number of hydrogen-bond acceptors (Lipinski definition) is 2. The van der Waals surface area contributed by atoms with Gasteiger partial charge < -0.3 is 9.22 Å². The quantitative estimate of drug-likeness (QED) is 0.115. The zero-order valence-corrected chi connectivity index (χ0v) is 23.1. The van der Waals surface area contributed by atoms with E-state index in [-0.39, 0.29) is 6.10 Å². The van der Waals surface area contributed by atoms with Gasteiger partial charge in [0.15, 0.2) is 0 Å². The highest BCUT2D eigenvalue weighted by Crippen LogP contribution is 2.50. The smallest absolute Gasteiger partial charge is 0.135 e. The third-order valence-electron chi connectivity index (χ3n) is 9.76. The molecule has 8 rings (SSSR count). The Hall–Kier alpha value is -3.79. The van der Waals surface area contributed by atoms with Crippen LogP contribution in [0.5, 0.6) is 0 Å². The molecule has 2 bridgehead atoms. The molecule has 3 fully saturated rings. The van der Waals surface area contributed by atoms with Gasteiger partial charge in [-0.15, -0.1) is 13.2 Å². The number of rotatable bonds is 8. The van der Waals surface area contributed by atoms with E-state index >= 15 is 0 Å². The number of quaternary nitrogens is 1. The molecule has 1 aromatic heterocycles. The topological polar surface area (TPSA) is 22.1 Å². The molecule has 40 heavy (non-hydrogen) atoms. The van der Waals surface area contributed by atoms with Crippen molar-refractivity contribution in [2.75, 3.05) is 19.7 Å². The highest BCUT2D eigenvalue weighted by molar-refractivity contribution is 6.02. The second-order valence-electron chi connectivity index (χ2n) is 11.8. The minimum atomic E-state index is -0.0410. The van der Waals surface area contributed by atoms with Gasteiger partial charge in [0.05, 0.1) is 25.2 Å². The van der Waals surface area contributed by atoms with Crippen LogP contribution in [0.4, 0.5) is 0 Å². The summed E-state index contributed by atoms with van der Waals surface area (Å²) in [6.45, 7) is 12.1. The Morgan fingerprint density at radius 1 is 0.900 bits per heavy atom. The van der Waals surface area contributed by atoms with E-state index in [4.69, 9.17) is 4.74 Å². The summed E-state index contributed by atoms with van der Waals surface area (Å²) >= 11 is 0. The summed E-state index contributed by atoms with van der Waals surface area (Å²) in [6.07, 6.45) is 8.41. The third-order valence-corrected chi connectivity index (χ3v) is 9.76. The molecule has 0 unspecified atom stereocenters. The molecule has 0 radical (unpaired) electrons. The molecule has 0 amide bonds. The number of ether oxygens (including phenoxy) is 1. The molecule has 3 aliphatic heterocycles. The van der Waals surface area contributed by atoms with E-state index in [1.807, 2.05) is 12.3 Å². The highest BCUT2D eigenvalue weighted by atomic mass is 16.5. The number of piperidine rings is 3. The standard InChI is InChI=1S/C37H37N2O/c1-3-21-40-37(33-17-19-38-35-16-10-9-15-32(33)35)36-23-27-18-20-39(36,24-26(27)4-2)25-34-30-13-7-5-11-28(30)22-29-12-6-8-14-31(29)34/h3-17,19,22,26-27,36-37H,1-2,18,20-21,23-25H2/q+1/t26-,27+,36-,37+,39+/m0/s1. The van der Waals surface area contributed by atoms with E-state index in [1.165, 1.54) is 44.5 Å². The highest BCUT2D eigenvalue weighted by Gasteiger charge is 2.54. The molecule has 5 aromatic rings. The summed E-state index contributed by atoms with van der Waals surface area (Å²) < 4.78 is 7.81. The summed E-state index contributed by atoms with van der Waals surface area (Å²) in [5.41, 5.74) is 3.74. The molecule has 200 valence electrons. The van der Waals surface area contributed by atoms with Gasteiger partial charge in [0.2, 0.25) is 0 Å². The molecular weight excluding hydrogens is 488 g/mol. The second kappa shape index (κ2) is 10.3. The van der Waals surface area contributed by atoms with Gasteiger partial charge in [-0.3, -0.25) is 4.98 Å². The lowest BCUT2D eigenvalue weighted by Gasteiger charge is -2.58. The maximum Gasteiger partial charge on any atom is 0.135 e. The summed E-state index contributed by atoms with van der Waals surface area (Å²) in [4.78, 5) is 4.68. The average Bonchev–Trinajstić information content (AvgIpc) is 3.01. The summed E-state index contributed by atoms with van der Waals surface area (Å²) in [5, 5.41) is 6.56. The molecule has 0 saturated carbocycles. The molecule has 0 N–H and O–H groups in total. The molecule has 5 atom stereocenters. The Balaban J connectivity index is 1.41. The van der Waals surface area contributed by atoms with Crippen molar-refractivity contribution in [3.05, 3.63) is 128 Å². The molecule has 3 aliphatic rings. The first-order chi connectivity index (χ1) is 19.7. The molecule has 3 nitrogen and oxygen atoms in total. The lowest BCUT2D eigenvalue weighted by molar-refractivity contribution is -0.984. The van der Waals surface area contributed by atoms with Crippen molar-refractivity contribution < 1.29 is 9.22 Å². The van der Waals surface area contributed by atoms with Crippen LogP contribution in [0.25, 0.3) is 32.4 Å². The first-order valence-electron chi connectivity index (χ1n) is 14.6. The predicted octanol–water partition coefficient (Wildman–Crippen LogP) is 8.40. The summed E-state index contributed by atoms with van der Waals surface area (Å²) in [5.74, 6) is 1.18. The van der Waals surface area contributed by atoms with E-state index in [1.54, 1.807) is 0 Å². The molecule has 0 spiro atoms. The van der Waals surface area contributed by atoms with E-state index in [9.17, 15) is 0 Å². The van der Waals surface area contributed by atoms with Gasteiger partial charge in [0, 0.05) is 35.9 Å². The van der Waals surface area contributed by atoms with Crippen LogP contribution in [0, 0.1) is 11.8 Å². The van der Waals surface area contributed by atoms with Crippen LogP contribution < -0.4 is 0 Å². The fourth-order valence-electron chi connectivity index (χ4n) is 7.90. The minimum Gasteiger partial charge on any atom is -0.363 e. The first kappa shape index (κ1) is 25.2. The largest absolute Gasteiger partial charge is 0.363 e. The Kier molecular flexibility index (Phi) is 6.50. The zero-order chi connectivity index (χ0) is 27.1. The molecule has 3 saturated heterocycles. The maximum atomic E-state index is 6.80. The van der Waals surface area contributed by atoms with Crippen LogP contribution in [0.1, 0.15) is 30.1 Å². The van der Waals surface area contributed by atoms with Gasteiger partial charge in [0.1, 0.15) is 18.7 Å². The lowest BCUT2D eigenvalue weighted by Crippen LogP contribution is -2.67. The number of hydrogen-bond donors (Lipinski definition) is 0. The van der Waals surface area contributed by atoms with Crippen molar-refractivity contribution in [1.29, 1.82) is 0 Å². The number of para-hydroxylation sites is 1. The number of fused-ring (bicyclic) bond motifs is 6. The minimum absolute atomic E-state index is 0.0410. The van der Waals surface area contributed by atoms with E-state index in [0.717, 1.165) is 36.1 Å². The van der Waals surface area contributed by atoms with E-state index in [0.29, 0.717) is 24.5 Å². The van der Waals surface area contributed by atoms with Gasteiger partial charge in [0.25, 0.3) is 0 Å². The molecule has 0 aliphatic carbocycles. The predicted molar refractivity (Wildman–Crippen MR) is 166 cm³/mol. The van der Waals surface area contributed by atoms with Crippen molar-refractivity contribution in [1.82, 2.24) is 4.98 Å². The van der Waals surface area contributed by atoms with Crippen LogP contribution in [-0.2, 0) is 11.3 Å². The lowest BCUT2D eigenvalue weighted by atomic mass is 9.70. The molecule has 4 heterocycles. The maximum absolute atomic E-state index is 6.80. The molecular formula is C37H37N2O+. The SMILES string of the molecule is C=CCO[C@H](c1ccnc2ccccc12)[C@@H]1C[C@H]2CC[N@+]1(Cc1c3ccccc3cc3ccccc13)C[C@@H]2C=C. The van der Waals surface area contributed by atoms with Gasteiger partial charge in [-0.2, -0.15) is 0 Å². The van der Waals surface area contributed by atoms with Gasteiger partial charge >= 0.3 is 0 Å². The number of nitrogens with zero attached hydrogens (tertiary/aromatic N) is 2. The zero-order valence-electron chi connectivity index (χ0n) is 23.1. The number of aromatic nitrogens is 1. The summed E-state index contributed by atoms with van der Waals surface area (Å²) in [6, 6.07) is 31.2. The fourth-order valence-corrected chi connectivity index (χ4v) is 7.90. The number of pyridine rings is 1. The Labute approximate surface area is 237 Å². The van der Waals surface area contributed by atoms with Crippen LogP contribution in [0.3, 0.4) is 0 Å². The first-order valence-corrected chi connectivity index (χ1v) is 14.6. The van der Waals surface area contributed by atoms with Crippen LogP contribution in [0.15, 0.2) is 116 Å². The van der Waals surface area contributed by atoms with Crippen molar-refractivity contribution in [3.63, 3.8) is 0 Å². The van der Waals surface area contributed by atoms with Gasteiger partial charge in [-0.1, -0.05) is 78.9 Å². The Bertz CT molecular complexity index is 1670. The van der Waals surface area contributed by atoms with E-state index in [2.05, 4.69) is 109 Å². The average molecular weight is 526 g/mol. The normalized spacial score (nSPS) is 24.9. The molecule has 4 aromatic carbocycles. The van der Waals surface area contributed by atoms with Crippen LogP contribution >= 0.6 is 0 Å². The van der Waals surface area contributed by atoms with Crippen molar-refractivity contribution >= 4 is 32.4 Å². The van der Waals surface area contributed by atoms with E-state index < -0.39 is 0 Å². The third kappa shape index (κ3) is 4.16. The van der Waals surface area contributed by atoms with Crippen molar-refractivity contribution in [2.24, 2.45) is 11.8 Å². The van der Waals surface area contributed by atoms with Crippen LogP contribution in [-0.4, -0.2) is 35.2 Å². The fraction of sp³-hybridized carbons (Fsp3) is 0.270. The van der Waals surface area contributed by atoms with Crippen molar-refractivity contribution in [3.8, 4) is 0 Å². The monoisotopic (exact) mass is 525 g/mol. The second-order valence-corrected chi connectivity index (χ2v) is 11.8. The van der Waals surface area contributed by atoms with Crippen molar-refractivity contribution in [2.45, 2.75) is 31.5 Å². The van der Waals surface area contributed by atoms with Crippen LogP contribution in [0.2, 0.25) is 0 Å². The van der Waals surface area contributed by atoms with Gasteiger partial charge in [-0.05, 0) is 51.2 Å². The number of benzene rings is 4.